The molecule has 1 aromatic heterocycles. The van der Waals surface area contributed by atoms with E-state index in [9.17, 15) is 4.79 Å². The molecule has 2 nitrogen and oxygen atoms in total. The largest absolute Gasteiger partial charge is 0.270 e. The fourth-order valence-electron chi connectivity index (χ4n) is 1.95. The monoisotopic (exact) mass is 207 g/mol. The summed E-state index contributed by atoms with van der Waals surface area (Å²) in [6, 6.07) is 17.1. The van der Waals surface area contributed by atoms with Crippen molar-refractivity contribution in [3.8, 4) is 0 Å². The summed E-state index contributed by atoms with van der Waals surface area (Å²) in [5.41, 5.74) is 0.547. The Balaban J connectivity index is 2.72. The minimum atomic E-state index is -0.197. The molecule has 2 heteroatoms. The highest BCUT2D eigenvalue weighted by atomic mass is 16.1. The number of para-hydroxylation sites is 1. The van der Waals surface area contributed by atoms with Gasteiger partial charge >= 0.3 is 0 Å². The molecule has 0 radical (unpaired) electrons. The van der Waals surface area contributed by atoms with Gasteiger partial charge < -0.3 is 0 Å². The lowest BCUT2D eigenvalue weighted by molar-refractivity contribution is 1.33. The first-order chi connectivity index (χ1) is 7.84. The van der Waals surface area contributed by atoms with E-state index in [0.29, 0.717) is 0 Å². The van der Waals surface area contributed by atoms with E-state index in [1.165, 1.54) is 0 Å². The minimum Gasteiger partial charge on any atom is -0.267 e. The summed E-state index contributed by atoms with van der Waals surface area (Å²) >= 11 is 0. The number of fused-ring (bicyclic) bond motifs is 3. The van der Waals surface area contributed by atoms with E-state index in [2.05, 4.69) is 4.98 Å². The maximum absolute atomic E-state index is 11.6. The number of rotatable bonds is 0. The fraction of sp³-hybridized carbons (Fsp3) is 0. The summed E-state index contributed by atoms with van der Waals surface area (Å²) < 4.78 is 0. The molecule has 3 aromatic rings. The Hall–Kier alpha value is -2.22. The van der Waals surface area contributed by atoms with Gasteiger partial charge in [-0.3, -0.25) is 4.79 Å². The number of hydrogen-bond donors (Lipinski definition) is 0. The van der Waals surface area contributed by atoms with Crippen molar-refractivity contribution in [1.29, 1.82) is 0 Å². The SMILES string of the molecule is O=c1cc2ccccc2c2ccccc2n1. The zero-order valence-electron chi connectivity index (χ0n) is 8.55. The normalized spacial score (nSPS) is 10.8. The smallest absolute Gasteiger partial charge is 0.267 e. The van der Waals surface area contributed by atoms with E-state index in [1.54, 1.807) is 6.07 Å². The third-order valence-corrected chi connectivity index (χ3v) is 2.66. The molecule has 0 spiro atoms. The number of benzene rings is 2. The predicted octanol–water partition coefficient (Wildman–Crippen LogP) is 2.75. The van der Waals surface area contributed by atoms with Crippen molar-refractivity contribution in [2.75, 3.05) is 0 Å². The van der Waals surface area contributed by atoms with Gasteiger partial charge in [0.1, 0.15) is 0 Å². The molecule has 0 aliphatic carbocycles. The molecular formula is C14H9NO. The van der Waals surface area contributed by atoms with E-state index >= 15 is 0 Å². The zero-order valence-corrected chi connectivity index (χ0v) is 8.55. The highest BCUT2D eigenvalue weighted by molar-refractivity contribution is 6.04. The maximum atomic E-state index is 11.6. The Morgan fingerprint density at radius 1 is 0.812 bits per heavy atom. The van der Waals surface area contributed by atoms with Crippen LogP contribution in [-0.4, -0.2) is 4.98 Å². The standard InChI is InChI=1S/C14H9NO/c16-14-9-10-5-1-2-6-11(10)12-7-3-4-8-13(12)15-14/h1-9H. The van der Waals surface area contributed by atoms with E-state index in [4.69, 9.17) is 0 Å². The Bertz CT molecular complexity index is 673. The second-order valence-electron chi connectivity index (χ2n) is 3.70. The van der Waals surface area contributed by atoms with E-state index in [1.807, 2.05) is 48.5 Å². The van der Waals surface area contributed by atoms with Gasteiger partial charge in [0.15, 0.2) is 0 Å². The van der Waals surface area contributed by atoms with Crippen molar-refractivity contribution in [3.05, 3.63) is 65.0 Å². The summed E-state index contributed by atoms with van der Waals surface area (Å²) in [4.78, 5) is 15.6. The lowest BCUT2D eigenvalue weighted by Gasteiger charge is -1.95. The molecular weight excluding hydrogens is 198 g/mol. The highest BCUT2D eigenvalue weighted by Crippen LogP contribution is 2.20. The van der Waals surface area contributed by atoms with Crippen molar-refractivity contribution < 1.29 is 0 Å². The average molecular weight is 207 g/mol. The molecule has 0 saturated heterocycles. The molecule has 1 heterocycles. The van der Waals surface area contributed by atoms with E-state index in [0.717, 1.165) is 21.7 Å². The van der Waals surface area contributed by atoms with Gasteiger partial charge in [-0.1, -0.05) is 42.5 Å². The summed E-state index contributed by atoms with van der Waals surface area (Å²) in [5, 5.41) is 3.01. The Kier molecular flexibility index (Phi) is 1.93. The van der Waals surface area contributed by atoms with Crippen LogP contribution in [0.2, 0.25) is 0 Å². The van der Waals surface area contributed by atoms with Gasteiger partial charge in [0.25, 0.3) is 5.56 Å². The third kappa shape index (κ3) is 1.36. The Labute approximate surface area is 92.2 Å². The van der Waals surface area contributed by atoms with Crippen molar-refractivity contribution >= 4 is 21.7 Å². The van der Waals surface area contributed by atoms with Gasteiger partial charge in [0.2, 0.25) is 0 Å². The zero-order chi connectivity index (χ0) is 11.0. The molecule has 0 fully saturated rings. The first-order valence-electron chi connectivity index (χ1n) is 5.13. The van der Waals surface area contributed by atoms with Crippen LogP contribution >= 0.6 is 0 Å². The van der Waals surface area contributed by atoms with Crippen LogP contribution in [0.1, 0.15) is 0 Å². The summed E-state index contributed by atoms with van der Waals surface area (Å²) in [6.45, 7) is 0. The average Bonchev–Trinajstić information content (AvgIpc) is 2.44. The summed E-state index contributed by atoms with van der Waals surface area (Å²) in [7, 11) is 0. The first-order valence-corrected chi connectivity index (χ1v) is 5.13. The first kappa shape index (κ1) is 9.04. The van der Waals surface area contributed by atoms with Crippen LogP contribution in [0.5, 0.6) is 0 Å². The summed E-state index contributed by atoms with van der Waals surface area (Å²) in [5.74, 6) is 0. The van der Waals surface area contributed by atoms with Gasteiger partial charge in [-0.15, -0.1) is 0 Å². The van der Waals surface area contributed by atoms with Crippen LogP contribution in [0.25, 0.3) is 21.7 Å². The molecule has 0 aliphatic rings. The topological polar surface area (TPSA) is 30.0 Å². The second kappa shape index (κ2) is 3.42. The Morgan fingerprint density at radius 3 is 2.38 bits per heavy atom. The number of nitrogens with zero attached hydrogens (tertiary/aromatic N) is 1. The predicted molar refractivity (Wildman–Crippen MR) is 65.5 cm³/mol. The van der Waals surface area contributed by atoms with Crippen molar-refractivity contribution in [2.24, 2.45) is 0 Å². The molecule has 0 saturated carbocycles. The van der Waals surface area contributed by atoms with Gasteiger partial charge in [-0.25, -0.2) is 4.98 Å². The molecule has 0 N–H and O–H groups in total. The van der Waals surface area contributed by atoms with Crippen LogP contribution < -0.4 is 5.56 Å². The molecule has 16 heavy (non-hydrogen) atoms. The lowest BCUT2D eigenvalue weighted by atomic mass is 10.1. The molecule has 76 valence electrons. The molecule has 0 amide bonds. The molecule has 0 bridgehead atoms. The van der Waals surface area contributed by atoms with Gasteiger partial charge in [0.05, 0.1) is 5.52 Å². The van der Waals surface area contributed by atoms with Crippen molar-refractivity contribution in [2.45, 2.75) is 0 Å². The molecule has 0 aliphatic heterocycles. The molecule has 3 rings (SSSR count). The van der Waals surface area contributed by atoms with Gasteiger partial charge in [-0.2, -0.15) is 0 Å². The lowest BCUT2D eigenvalue weighted by Crippen LogP contribution is -1.98. The van der Waals surface area contributed by atoms with Crippen LogP contribution in [0.4, 0.5) is 0 Å². The number of hydrogen-bond acceptors (Lipinski definition) is 2. The van der Waals surface area contributed by atoms with Gasteiger partial charge in [-0.05, 0) is 16.8 Å². The number of aromatic nitrogens is 1. The molecule has 0 atom stereocenters. The van der Waals surface area contributed by atoms with E-state index < -0.39 is 0 Å². The van der Waals surface area contributed by atoms with Crippen molar-refractivity contribution in [3.63, 3.8) is 0 Å². The van der Waals surface area contributed by atoms with Crippen molar-refractivity contribution in [1.82, 2.24) is 4.98 Å². The molecule has 2 aromatic carbocycles. The maximum Gasteiger partial charge on any atom is 0.270 e. The van der Waals surface area contributed by atoms with Gasteiger partial charge in [0, 0.05) is 11.5 Å². The quantitative estimate of drug-likeness (QED) is 0.567. The van der Waals surface area contributed by atoms with Crippen LogP contribution in [0.15, 0.2) is 59.4 Å². The second-order valence-corrected chi connectivity index (χ2v) is 3.70. The highest BCUT2D eigenvalue weighted by Gasteiger charge is 1.99. The minimum absolute atomic E-state index is 0.197. The molecule has 0 unspecified atom stereocenters. The van der Waals surface area contributed by atoms with Crippen LogP contribution in [-0.2, 0) is 0 Å². The van der Waals surface area contributed by atoms with Crippen LogP contribution in [0.3, 0.4) is 0 Å². The fourth-order valence-corrected chi connectivity index (χ4v) is 1.95. The Morgan fingerprint density at radius 2 is 1.50 bits per heavy atom. The van der Waals surface area contributed by atoms with E-state index in [-0.39, 0.29) is 5.56 Å². The third-order valence-electron chi connectivity index (χ3n) is 2.66. The van der Waals surface area contributed by atoms with Crippen LogP contribution in [0, 0.1) is 0 Å². The summed E-state index contributed by atoms with van der Waals surface area (Å²) in [6.07, 6.45) is 0.